The molecule has 0 spiro atoms. The summed E-state index contributed by atoms with van der Waals surface area (Å²) in [7, 11) is 1.41. The van der Waals surface area contributed by atoms with E-state index >= 15 is 0 Å². The Hall–Kier alpha value is -2.19. The predicted octanol–water partition coefficient (Wildman–Crippen LogP) is 2.16. The number of anilines is 1. The van der Waals surface area contributed by atoms with Gasteiger partial charge in [0.1, 0.15) is 11.2 Å². The molecule has 2 heterocycles. The summed E-state index contributed by atoms with van der Waals surface area (Å²) in [5, 5.41) is 4.46. The Bertz CT molecular complexity index is 1000. The first kappa shape index (κ1) is 15.7. The molecule has 0 radical (unpaired) electrons. The largest absolute Gasteiger partial charge is 0.331 e. The maximum atomic E-state index is 12.3. The zero-order valence-electron chi connectivity index (χ0n) is 12.1. The first-order valence-electron chi connectivity index (χ1n) is 6.70. The highest BCUT2D eigenvalue weighted by Gasteiger charge is 2.14. The Labute approximate surface area is 143 Å². The number of nitrogens with zero attached hydrogens (tertiary/aromatic N) is 2. The van der Waals surface area contributed by atoms with Crippen LogP contribution in [0, 0.1) is 0 Å². The topological polar surface area (TPSA) is 73.1 Å². The number of amides is 1. The molecule has 0 saturated heterocycles. The number of nitrogens with one attached hydrogen (secondary N) is 1. The van der Waals surface area contributed by atoms with Crippen molar-refractivity contribution in [2.45, 2.75) is 6.54 Å². The van der Waals surface area contributed by atoms with Gasteiger partial charge >= 0.3 is 5.69 Å². The summed E-state index contributed by atoms with van der Waals surface area (Å²) in [4.78, 5) is 36.5. The van der Waals surface area contributed by atoms with E-state index in [-0.39, 0.29) is 18.0 Å². The minimum absolute atomic E-state index is 0.156. The molecule has 1 aromatic carbocycles. The van der Waals surface area contributed by atoms with Gasteiger partial charge in [-0.2, -0.15) is 0 Å². The van der Waals surface area contributed by atoms with E-state index in [9.17, 15) is 14.4 Å². The molecule has 23 heavy (non-hydrogen) atoms. The summed E-state index contributed by atoms with van der Waals surface area (Å²) in [6.07, 6.45) is 0. The van der Waals surface area contributed by atoms with E-state index in [1.807, 2.05) is 12.1 Å². The third-order valence-corrected chi connectivity index (χ3v) is 4.80. The van der Waals surface area contributed by atoms with Crippen LogP contribution < -0.4 is 16.6 Å². The smallest absolute Gasteiger partial charge is 0.325 e. The van der Waals surface area contributed by atoms with E-state index in [0.29, 0.717) is 15.9 Å². The number of carbonyl (C=O) groups is 1. The molecule has 6 nitrogen and oxygen atoms in total. The average molecular weight is 394 g/mol. The number of hydrogen-bond donors (Lipinski definition) is 1. The second kappa shape index (κ2) is 6.13. The lowest BCUT2D eigenvalue weighted by Crippen LogP contribution is -2.39. The lowest BCUT2D eigenvalue weighted by Gasteiger charge is -2.10. The minimum Gasteiger partial charge on any atom is -0.325 e. The van der Waals surface area contributed by atoms with E-state index in [1.54, 1.807) is 23.6 Å². The Balaban J connectivity index is 1.94. The van der Waals surface area contributed by atoms with E-state index in [2.05, 4.69) is 21.2 Å². The molecule has 3 rings (SSSR count). The van der Waals surface area contributed by atoms with Crippen molar-refractivity contribution in [1.82, 2.24) is 9.13 Å². The van der Waals surface area contributed by atoms with Gasteiger partial charge < -0.3 is 5.32 Å². The molecule has 0 saturated carbocycles. The van der Waals surface area contributed by atoms with Crippen LogP contribution in [0.4, 0.5) is 5.69 Å². The van der Waals surface area contributed by atoms with Crippen molar-refractivity contribution in [2.75, 3.05) is 5.32 Å². The van der Waals surface area contributed by atoms with Crippen LogP contribution in [0.15, 0.2) is 49.8 Å². The van der Waals surface area contributed by atoms with E-state index in [4.69, 9.17) is 0 Å². The van der Waals surface area contributed by atoms with Crippen molar-refractivity contribution in [3.8, 4) is 0 Å². The van der Waals surface area contributed by atoms with Crippen molar-refractivity contribution >= 4 is 49.1 Å². The lowest BCUT2D eigenvalue weighted by atomic mass is 10.3. The molecule has 0 atom stereocenters. The van der Waals surface area contributed by atoms with Gasteiger partial charge in [0.25, 0.3) is 5.56 Å². The number of fused-ring (bicyclic) bond motifs is 1. The fraction of sp³-hybridized carbons (Fsp3) is 0.133. The second-order valence-electron chi connectivity index (χ2n) is 4.92. The third-order valence-electron chi connectivity index (χ3n) is 3.38. The molecule has 0 unspecified atom stereocenters. The van der Waals surface area contributed by atoms with E-state index in [0.717, 1.165) is 9.04 Å². The summed E-state index contributed by atoms with van der Waals surface area (Å²) in [6, 6.07) is 8.81. The molecule has 0 aliphatic heterocycles. The fourth-order valence-corrected chi connectivity index (χ4v) is 3.36. The fourth-order valence-electron chi connectivity index (χ4n) is 2.23. The quantitative estimate of drug-likeness (QED) is 0.740. The molecule has 8 heteroatoms. The molecule has 0 bridgehead atoms. The molecular weight excluding hydrogens is 382 g/mol. The normalized spacial score (nSPS) is 10.9. The van der Waals surface area contributed by atoms with Gasteiger partial charge in [0, 0.05) is 17.2 Å². The predicted molar refractivity (Wildman–Crippen MR) is 94.1 cm³/mol. The first-order valence-corrected chi connectivity index (χ1v) is 8.37. The second-order valence-corrected chi connectivity index (χ2v) is 6.75. The first-order chi connectivity index (χ1) is 11.0. The molecule has 2 aromatic heterocycles. The van der Waals surface area contributed by atoms with Crippen molar-refractivity contribution in [1.29, 1.82) is 0 Å². The van der Waals surface area contributed by atoms with Gasteiger partial charge in [-0.25, -0.2) is 4.79 Å². The van der Waals surface area contributed by atoms with Crippen LogP contribution in [-0.2, 0) is 18.4 Å². The highest BCUT2D eigenvalue weighted by molar-refractivity contribution is 9.10. The zero-order valence-corrected chi connectivity index (χ0v) is 14.5. The Morgan fingerprint density at radius 3 is 2.61 bits per heavy atom. The van der Waals surface area contributed by atoms with Crippen LogP contribution >= 0.6 is 27.3 Å². The lowest BCUT2D eigenvalue weighted by molar-refractivity contribution is -0.116. The molecular formula is C15H12BrN3O3S. The standard InChI is InChI=1S/C15H12BrN3O3S/c1-18-14(21)13-11(6-7-23-13)19(15(18)22)8-12(20)17-10-4-2-9(16)3-5-10/h2-7H,8H2,1H3,(H,17,20). The van der Waals surface area contributed by atoms with Gasteiger partial charge in [-0.1, -0.05) is 15.9 Å². The van der Waals surface area contributed by atoms with Crippen molar-refractivity contribution in [3.63, 3.8) is 0 Å². The van der Waals surface area contributed by atoms with Gasteiger partial charge in [0.05, 0.1) is 5.52 Å². The Morgan fingerprint density at radius 1 is 1.22 bits per heavy atom. The highest BCUT2D eigenvalue weighted by Crippen LogP contribution is 2.16. The Morgan fingerprint density at radius 2 is 1.91 bits per heavy atom. The minimum atomic E-state index is -0.508. The van der Waals surface area contributed by atoms with Crippen molar-refractivity contribution < 1.29 is 4.79 Å². The number of benzene rings is 1. The van der Waals surface area contributed by atoms with Crippen LogP contribution in [-0.4, -0.2) is 15.0 Å². The maximum absolute atomic E-state index is 12.3. The van der Waals surface area contributed by atoms with Crippen molar-refractivity contribution in [3.05, 3.63) is 61.0 Å². The summed E-state index contributed by atoms with van der Waals surface area (Å²) >= 11 is 4.58. The molecule has 1 N–H and O–H groups in total. The van der Waals surface area contributed by atoms with Crippen LogP contribution in [0.25, 0.3) is 10.2 Å². The van der Waals surface area contributed by atoms with Gasteiger partial charge in [-0.15, -0.1) is 11.3 Å². The van der Waals surface area contributed by atoms with Crippen LogP contribution in [0.3, 0.4) is 0 Å². The summed E-state index contributed by atoms with van der Waals surface area (Å²) in [5.74, 6) is -0.333. The van der Waals surface area contributed by atoms with Gasteiger partial charge in [0.2, 0.25) is 5.91 Å². The average Bonchev–Trinajstić information content (AvgIpc) is 3.01. The van der Waals surface area contributed by atoms with Gasteiger partial charge in [0.15, 0.2) is 0 Å². The zero-order chi connectivity index (χ0) is 16.6. The highest BCUT2D eigenvalue weighted by atomic mass is 79.9. The molecule has 0 fully saturated rings. The van der Waals surface area contributed by atoms with E-state index < -0.39 is 5.69 Å². The summed E-state index contributed by atoms with van der Waals surface area (Å²) in [5.41, 5.74) is 0.267. The van der Waals surface area contributed by atoms with Crippen LogP contribution in [0.2, 0.25) is 0 Å². The number of rotatable bonds is 3. The maximum Gasteiger partial charge on any atom is 0.331 e. The van der Waals surface area contributed by atoms with Crippen molar-refractivity contribution in [2.24, 2.45) is 7.05 Å². The third kappa shape index (κ3) is 2.99. The number of halogens is 1. The SMILES string of the molecule is Cn1c(=O)c2sccc2n(CC(=O)Nc2ccc(Br)cc2)c1=O. The number of carbonyl (C=O) groups excluding carboxylic acids is 1. The monoisotopic (exact) mass is 393 g/mol. The summed E-state index contributed by atoms with van der Waals surface area (Å²) < 4.78 is 3.70. The molecule has 0 aliphatic carbocycles. The molecule has 1 amide bonds. The number of aromatic nitrogens is 2. The van der Waals surface area contributed by atoms with Crippen LogP contribution in [0.1, 0.15) is 0 Å². The number of hydrogen-bond acceptors (Lipinski definition) is 4. The van der Waals surface area contributed by atoms with E-state index in [1.165, 1.54) is 23.0 Å². The molecule has 118 valence electrons. The molecule has 0 aliphatic rings. The van der Waals surface area contributed by atoms with Crippen LogP contribution in [0.5, 0.6) is 0 Å². The summed E-state index contributed by atoms with van der Waals surface area (Å²) in [6.45, 7) is -0.156. The Kier molecular flexibility index (Phi) is 4.18. The number of thiophene rings is 1. The molecule has 3 aromatic rings. The van der Waals surface area contributed by atoms with Gasteiger partial charge in [-0.05, 0) is 35.7 Å². The van der Waals surface area contributed by atoms with Gasteiger partial charge in [-0.3, -0.25) is 18.7 Å².